The molecule has 2 nitrogen and oxygen atoms in total. The molecule has 0 saturated carbocycles. The van der Waals surface area contributed by atoms with Crippen LogP contribution < -0.4 is 0 Å². The Hall–Kier alpha value is -0.0500. The van der Waals surface area contributed by atoms with Crippen molar-refractivity contribution in [2.75, 3.05) is 19.6 Å². The van der Waals surface area contributed by atoms with E-state index in [1.165, 1.54) is 0 Å². The first kappa shape index (κ1) is 11.0. The van der Waals surface area contributed by atoms with E-state index < -0.39 is 0 Å². The molecule has 1 N–H and O–H groups in total. The Balaban J connectivity index is 2.40. The lowest BCUT2D eigenvalue weighted by molar-refractivity contribution is 0.0292. The summed E-state index contributed by atoms with van der Waals surface area (Å²) in [5.41, 5.74) is 0. The largest absolute Gasteiger partial charge is 0.393 e. The molecule has 2 unspecified atom stereocenters. The maximum absolute atomic E-state index is 9.64. The second-order valence-electron chi connectivity index (χ2n) is 3.78. The van der Waals surface area contributed by atoms with Gasteiger partial charge in [-0.25, -0.2) is 0 Å². The molecule has 1 aliphatic heterocycles. The zero-order chi connectivity index (χ0) is 9.84. The summed E-state index contributed by atoms with van der Waals surface area (Å²) in [6.45, 7) is 8.43. The number of aliphatic hydroxyl groups excluding tert-OH is 1. The van der Waals surface area contributed by atoms with Crippen LogP contribution in [-0.4, -0.2) is 35.7 Å². The van der Waals surface area contributed by atoms with E-state index >= 15 is 0 Å². The zero-order valence-electron chi connectivity index (χ0n) is 8.17. The lowest BCUT2D eigenvalue weighted by Gasteiger charge is -2.35. The van der Waals surface area contributed by atoms with Crippen molar-refractivity contribution < 1.29 is 5.11 Å². The minimum absolute atomic E-state index is 0.121. The predicted octanol–water partition coefficient (Wildman–Crippen LogP) is 1.83. The van der Waals surface area contributed by atoms with Gasteiger partial charge in [-0.1, -0.05) is 25.1 Å². The van der Waals surface area contributed by atoms with E-state index in [2.05, 4.69) is 18.4 Å². The van der Waals surface area contributed by atoms with Crippen molar-refractivity contribution in [3.05, 3.63) is 11.6 Å². The monoisotopic (exact) mass is 203 g/mol. The van der Waals surface area contributed by atoms with Crippen LogP contribution in [0.4, 0.5) is 0 Å². The van der Waals surface area contributed by atoms with E-state index in [1.54, 1.807) is 0 Å². The van der Waals surface area contributed by atoms with Gasteiger partial charge in [-0.15, -0.1) is 0 Å². The third-order valence-electron chi connectivity index (χ3n) is 2.70. The Kier molecular flexibility index (Phi) is 4.23. The molecule has 0 aromatic rings. The number of piperidine rings is 1. The molecule has 0 bridgehead atoms. The Morgan fingerprint density at radius 3 is 2.92 bits per heavy atom. The standard InChI is InChI=1S/C10H18ClNO/c1-3-9-7-12(6-8(2)11)5-4-10(9)13/h9-10,13H,2-7H2,1H3. The lowest BCUT2D eigenvalue weighted by atomic mass is 9.92. The first-order valence-electron chi connectivity index (χ1n) is 4.87. The number of rotatable bonds is 3. The SMILES string of the molecule is C=C(Cl)CN1CCC(O)C(CC)C1. The summed E-state index contributed by atoms with van der Waals surface area (Å²) in [6.07, 6.45) is 1.78. The Bertz CT molecular complexity index is 184. The third kappa shape index (κ3) is 3.29. The fourth-order valence-corrected chi connectivity index (χ4v) is 2.05. The van der Waals surface area contributed by atoms with Gasteiger partial charge in [0, 0.05) is 24.7 Å². The molecule has 0 aromatic heterocycles. The van der Waals surface area contributed by atoms with Crippen LogP contribution in [0.1, 0.15) is 19.8 Å². The smallest absolute Gasteiger partial charge is 0.0592 e. The predicted molar refractivity (Wildman–Crippen MR) is 55.8 cm³/mol. The molecule has 1 saturated heterocycles. The molecule has 2 atom stereocenters. The fraction of sp³-hybridized carbons (Fsp3) is 0.800. The fourth-order valence-electron chi connectivity index (χ4n) is 1.88. The summed E-state index contributed by atoms with van der Waals surface area (Å²) in [6, 6.07) is 0. The highest BCUT2D eigenvalue weighted by molar-refractivity contribution is 6.29. The van der Waals surface area contributed by atoms with Crippen LogP contribution in [0.5, 0.6) is 0 Å². The van der Waals surface area contributed by atoms with Crippen molar-refractivity contribution in [2.45, 2.75) is 25.9 Å². The average molecular weight is 204 g/mol. The van der Waals surface area contributed by atoms with Crippen LogP contribution in [-0.2, 0) is 0 Å². The van der Waals surface area contributed by atoms with Gasteiger partial charge >= 0.3 is 0 Å². The lowest BCUT2D eigenvalue weighted by Crippen LogP contribution is -2.43. The topological polar surface area (TPSA) is 23.5 Å². The van der Waals surface area contributed by atoms with E-state index in [1.807, 2.05) is 0 Å². The summed E-state index contributed by atoms with van der Waals surface area (Å²) in [5.74, 6) is 0.407. The van der Waals surface area contributed by atoms with Crippen molar-refractivity contribution in [3.63, 3.8) is 0 Å². The van der Waals surface area contributed by atoms with Gasteiger partial charge in [0.1, 0.15) is 0 Å². The quantitative estimate of drug-likeness (QED) is 0.757. The van der Waals surface area contributed by atoms with Gasteiger partial charge < -0.3 is 5.11 Å². The molecule has 0 amide bonds. The highest BCUT2D eigenvalue weighted by Crippen LogP contribution is 2.20. The first-order valence-corrected chi connectivity index (χ1v) is 5.25. The second-order valence-corrected chi connectivity index (χ2v) is 4.31. The number of hydrogen-bond donors (Lipinski definition) is 1. The van der Waals surface area contributed by atoms with E-state index in [0.717, 1.165) is 32.5 Å². The summed E-state index contributed by atoms with van der Waals surface area (Å²) in [4.78, 5) is 2.26. The number of nitrogens with zero attached hydrogens (tertiary/aromatic N) is 1. The van der Waals surface area contributed by atoms with Gasteiger partial charge in [0.05, 0.1) is 6.10 Å². The Morgan fingerprint density at radius 1 is 1.69 bits per heavy atom. The number of likely N-dealkylation sites (tertiary alicyclic amines) is 1. The van der Waals surface area contributed by atoms with Crippen LogP contribution in [0.2, 0.25) is 0 Å². The Morgan fingerprint density at radius 2 is 2.38 bits per heavy atom. The second kappa shape index (κ2) is 4.99. The summed E-state index contributed by atoms with van der Waals surface area (Å²) in [5, 5.41) is 10.3. The molecule has 1 rings (SSSR count). The molecule has 1 heterocycles. The third-order valence-corrected chi connectivity index (χ3v) is 2.82. The highest BCUT2D eigenvalue weighted by Gasteiger charge is 2.25. The zero-order valence-corrected chi connectivity index (χ0v) is 8.93. The van der Waals surface area contributed by atoms with Crippen LogP contribution in [0.3, 0.4) is 0 Å². The van der Waals surface area contributed by atoms with E-state index in [-0.39, 0.29) is 6.10 Å². The average Bonchev–Trinajstić information content (AvgIpc) is 2.07. The molecule has 0 spiro atoms. The molecular weight excluding hydrogens is 186 g/mol. The number of hydrogen-bond acceptors (Lipinski definition) is 2. The van der Waals surface area contributed by atoms with Gasteiger partial charge in [0.25, 0.3) is 0 Å². The molecule has 0 aromatic carbocycles. The maximum atomic E-state index is 9.64. The minimum atomic E-state index is -0.121. The van der Waals surface area contributed by atoms with Gasteiger partial charge in [0.15, 0.2) is 0 Å². The molecule has 0 radical (unpaired) electrons. The molecule has 3 heteroatoms. The van der Waals surface area contributed by atoms with Gasteiger partial charge in [-0.05, 0) is 18.8 Å². The van der Waals surface area contributed by atoms with Crippen molar-refractivity contribution >= 4 is 11.6 Å². The van der Waals surface area contributed by atoms with Crippen molar-refractivity contribution in [2.24, 2.45) is 5.92 Å². The van der Waals surface area contributed by atoms with Crippen LogP contribution >= 0.6 is 11.6 Å². The molecule has 1 fully saturated rings. The van der Waals surface area contributed by atoms with Crippen LogP contribution in [0, 0.1) is 5.92 Å². The van der Waals surface area contributed by atoms with E-state index in [9.17, 15) is 5.11 Å². The van der Waals surface area contributed by atoms with Crippen LogP contribution in [0.25, 0.3) is 0 Å². The van der Waals surface area contributed by atoms with Crippen molar-refractivity contribution in [3.8, 4) is 0 Å². The maximum Gasteiger partial charge on any atom is 0.0592 e. The number of halogens is 1. The summed E-state index contributed by atoms with van der Waals surface area (Å²) in [7, 11) is 0. The molecule has 13 heavy (non-hydrogen) atoms. The van der Waals surface area contributed by atoms with E-state index in [0.29, 0.717) is 11.0 Å². The summed E-state index contributed by atoms with van der Waals surface area (Å²) >= 11 is 5.74. The Labute approximate surface area is 85.2 Å². The highest BCUT2D eigenvalue weighted by atomic mass is 35.5. The van der Waals surface area contributed by atoms with Crippen molar-refractivity contribution in [1.82, 2.24) is 4.90 Å². The molecule has 1 aliphatic rings. The summed E-state index contributed by atoms with van der Waals surface area (Å²) < 4.78 is 0. The van der Waals surface area contributed by atoms with Crippen LogP contribution in [0.15, 0.2) is 11.6 Å². The normalized spacial score (nSPS) is 30.4. The van der Waals surface area contributed by atoms with Gasteiger partial charge in [-0.3, -0.25) is 4.90 Å². The molecule has 76 valence electrons. The minimum Gasteiger partial charge on any atom is -0.393 e. The van der Waals surface area contributed by atoms with E-state index in [4.69, 9.17) is 11.6 Å². The molecule has 0 aliphatic carbocycles. The van der Waals surface area contributed by atoms with Crippen molar-refractivity contribution in [1.29, 1.82) is 0 Å². The van der Waals surface area contributed by atoms with Gasteiger partial charge in [0.2, 0.25) is 0 Å². The molecular formula is C10H18ClNO. The van der Waals surface area contributed by atoms with Gasteiger partial charge in [-0.2, -0.15) is 0 Å². The first-order chi connectivity index (χ1) is 6.13. The number of aliphatic hydroxyl groups is 1.